The molecular formula is C21H25F3N6O3. The summed E-state index contributed by atoms with van der Waals surface area (Å²) in [5.74, 6) is 0.443. The molecule has 0 saturated heterocycles. The van der Waals surface area contributed by atoms with Crippen LogP contribution in [0.3, 0.4) is 0 Å². The van der Waals surface area contributed by atoms with Gasteiger partial charge in [0.25, 0.3) is 0 Å². The van der Waals surface area contributed by atoms with E-state index in [1.54, 1.807) is 48.3 Å². The molecule has 0 spiro atoms. The largest absolute Gasteiger partial charge is 0.496 e. The smallest absolute Gasteiger partial charge is 0.424 e. The van der Waals surface area contributed by atoms with Crippen molar-refractivity contribution in [2.75, 3.05) is 13.7 Å². The van der Waals surface area contributed by atoms with Crippen molar-refractivity contribution in [2.45, 2.75) is 24.2 Å². The molecule has 3 aromatic rings. The van der Waals surface area contributed by atoms with Gasteiger partial charge in [-0.15, -0.1) is 0 Å². The molecule has 0 radical (unpaired) electrons. The minimum absolute atomic E-state index is 0.464. The minimum Gasteiger partial charge on any atom is -0.496 e. The molecular weight excluding hydrogens is 441 g/mol. The number of urea groups is 1. The predicted molar refractivity (Wildman–Crippen MR) is 112 cm³/mol. The first-order chi connectivity index (χ1) is 15.6. The van der Waals surface area contributed by atoms with Crippen molar-refractivity contribution in [2.24, 2.45) is 14.1 Å². The summed E-state index contributed by atoms with van der Waals surface area (Å²) in [4.78, 5) is 20.6. The monoisotopic (exact) mass is 466 g/mol. The number of carbonyl (C=O) groups is 1. The number of para-hydroxylation sites is 1. The molecule has 0 fully saturated rings. The van der Waals surface area contributed by atoms with Crippen molar-refractivity contribution in [1.82, 2.24) is 29.7 Å². The number of nitrogens with one attached hydrogen (secondary N) is 2. The van der Waals surface area contributed by atoms with E-state index < -0.39 is 42.6 Å². The SMILES string of the molecule is COc1ccccc1C(NC(=O)NCCC(O)(c1nccn1C)C(F)(F)F)c1nccn1C. The first-order valence-corrected chi connectivity index (χ1v) is 10.00. The third-order valence-electron chi connectivity index (χ3n) is 5.27. The van der Waals surface area contributed by atoms with E-state index in [4.69, 9.17) is 4.74 Å². The number of benzene rings is 1. The molecule has 2 aromatic heterocycles. The number of ether oxygens (including phenoxy) is 1. The van der Waals surface area contributed by atoms with E-state index in [1.165, 1.54) is 20.4 Å². The van der Waals surface area contributed by atoms with Gasteiger partial charge in [0.15, 0.2) is 0 Å². The molecule has 2 unspecified atom stereocenters. The summed E-state index contributed by atoms with van der Waals surface area (Å²) in [5, 5.41) is 15.5. The second kappa shape index (κ2) is 9.53. The topological polar surface area (TPSA) is 106 Å². The fourth-order valence-corrected chi connectivity index (χ4v) is 3.53. The van der Waals surface area contributed by atoms with E-state index in [0.29, 0.717) is 17.1 Å². The summed E-state index contributed by atoms with van der Waals surface area (Å²) in [6.45, 7) is -0.464. The zero-order valence-corrected chi connectivity index (χ0v) is 18.3. The average Bonchev–Trinajstić information content (AvgIpc) is 3.39. The van der Waals surface area contributed by atoms with Gasteiger partial charge in [-0.1, -0.05) is 18.2 Å². The lowest BCUT2D eigenvalue weighted by molar-refractivity contribution is -0.272. The van der Waals surface area contributed by atoms with Crippen LogP contribution < -0.4 is 15.4 Å². The van der Waals surface area contributed by atoms with E-state index in [0.717, 1.165) is 10.8 Å². The molecule has 0 bridgehead atoms. The van der Waals surface area contributed by atoms with Crippen LogP contribution in [0.2, 0.25) is 0 Å². The van der Waals surface area contributed by atoms with Gasteiger partial charge in [0.05, 0.1) is 7.11 Å². The summed E-state index contributed by atoms with van der Waals surface area (Å²) >= 11 is 0. The van der Waals surface area contributed by atoms with Crippen molar-refractivity contribution in [3.05, 3.63) is 66.3 Å². The number of aromatic nitrogens is 4. The highest BCUT2D eigenvalue weighted by Gasteiger charge is 2.57. The van der Waals surface area contributed by atoms with E-state index in [2.05, 4.69) is 20.6 Å². The number of halogens is 3. The zero-order chi connectivity index (χ0) is 24.2. The molecule has 0 aliphatic rings. The molecule has 1 aromatic carbocycles. The van der Waals surface area contributed by atoms with E-state index in [1.807, 2.05) is 0 Å². The number of rotatable bonds is 8. The fraction of sp³-hybridized carbons (Fsp3) is 0.381. The number of aryl methyl sites for hydroxylation is 2. The number of nitrogens with zero attached hydrogens (tertiary/aromatic N) is 4. The van der Waals surface area contributed by atoms with Crippen molar-refractivity contribution >= 4 is 6.03 Å². The van der Waals surface area contributed by atoms with Crippen LogP contribution in [0, 0.1) is 0 Å². The molecule has 2 heterocycles. The Balaban J connectivity index is 1.76. The molecule has 12 heteroatoms. The maximum Gasteiger partial charge on any atom is 0.424 e. The Labute approximate surface area is 188 Å². The van der Waals surface area contributed by atoms with Gasteiger partial charge in [-0.05, 0) is 6.07 Å². The highest BCUT2D eigenvalue weighted by atomic mass is 19.4. The van der Waals surface area contributed by atoms with Gasteiger partial charge < -0.3 is 29.6 Å². The van der Waals surface area contributed by atoms with Gasteiger partial charge in [0.2, 0.25) is 5.60 Å². The van der Waals surface area contributed by atoms with Crippen LogP contribution in [-0.2, 0) is 19.7 Å². The number of hydrogen-bond donors (Lipinski definition) is 3. The van der Waals surface area contributed by atoms with Crippen LogP contribution >= 0.6 is 0 Å². The highest BCUT2D eigenvalue weighted by molar-refractivity contribution is 5.75. The third-order valence-corrected chi connectivity index (χ3v) is 5.27. The van der Waals surface area contributed by atoms with Gasteiger partial charge in [0, 0.05) is 57.4 Å². The lowest BCUT2D eigenvalue weighted by Gasteiger charge is -2.30. The van der Waals surface area contributed by atoms with Gasteiger partial charge >= 0.3 is 12.2 Å². The number of imidazole rings is 2. The van der Waals surface area contributed by atoms with Crippen molar-refractivity contribution in [3.8, 4) is 5.75 Å². The third kappa shape index (κ3) is 4.95. The van der Waals surface area contributed by atoms with Crippen molar-refractivity contribution < 1.29 is 27.8 Å². The highest BCUT2D eigenvalue weighted by Crippen LogP contribution is 2.40. The summed E-state index contributed by atoms with van der Waals surface area (Å²) in [6, 6.07) is 5.54. The van der Waals surface area contributed by atoms with Crippen LogP contribution in [0.4, 0.5) is 18.0 Å². The van der Waals surface area contributed by atoms with Gasteiger partial charge in [-0.3, -0.25) is 0 Å². The van der Waals surface area contributed by atoms with E-state index in [9.17, 15) is 23.1 Å². The predicted octanol–water partition coefficient (Wildman–Crippen LogP) is 2.39. The Hall–Kier alpha value is -3.54. The fourth-order valence-electron chi connectivity index (χ4n) is 3.53. The van der Waals surface area contributed by atoms with Crippen LogP contribution in [0.15, 0.2) is 49.1 Å². The molecule has 178 valence electrons. The molecule has 0 aliphatic carbocycles. The number of amides is 2. The molecule has 9 nitrogen and oxygen atoms in total. The second-order valence-electron chi connectivity index (χ2n) is 7.44. The molecule has 2 amide bonds. The maximum atomic E-state index is 13.7. The average molecular weight is 466 g/mol. The number of carbonyl (C=O) groups excluding carboxylic acids is 1. The summed E-state index contributed by atoms with van der Waals surface area (Å²) < 4.78 is 49.2. The van der Waals surface area contributed by atoms with Crippen LogP contribution in [0.25, 0.3) is 0 Å². The number of alkyl halides is 3. The quantitative estimate of drug-likeness (QED) is 0.473. The Bertz CT molecular complexity index is 1100. The standard InChI is InChI=1S/C21H25F3N6O3/c1-29-12-10-25-17(29)16(14-6-4-5-7-15(14)33-3)28-19(31)27-9-8-20(32,21(22,23)24)18-26-11-13-30(18)2/h4-7,10-13,16,32H,8-9H2,1-3H3,(H2,27,28,31). The second-order valence-corrected chi connectivity index (χ2v) is 7.44. The Morgan fingerprint density at radius 3 is 2.39 bits per heavy atom. The normalized spacial score (nSPS) is 14.4. The first-order valence-electron chi connectivity index (χ1n) is 10.00. The van der Waals surface area contributed by atoms with Crippen molar-refractivity contribution in [3.63, 3.8) is 0 Å². The van der Waals surface area contributed by atoms with Crippen molar-refractivity contribution in [1.29, 1.82) is 0 Å². The number of aliphatic hydroxyl groups is 1. The Morgan fingerprint density at radius 2 is 1.82 bits per heavy atom. The van der Waals surface area contributed by atoms with Crippen LogP contribution in [0.1, 0.15) is 29.7 Å². The molecule has 3 N–H and O–H groups in total. The van der Waals surface area contributed by atoms with E-state index >= 15 is 0 Å². The molecule has 33 heavy (non-hydrogen) atoms. The summed E-state index contributed by atoms with van der Waals surface area (Å²) in [6.07, 6.45) is -0.0806. The lowest BCUT2D eigenvalue weighted by atomic mass is 9.97. The van der Waals surface area contributed by atoms with Gasteiger partial charge in [-0.2, -0.15) is 13.2 Å². The van der Waals surface area contributed by atoms with Gasteiger partial charge in [-0.25, -0.2) is 14.8 Å². The zero-order valence-electron chi connectivity index (χ0n) is 18.3. The lowest BCUT2D eigenvalue weighted by Crippen LogP contribution is -2.48. The Morgan fingerprint density at radius 1 is 1.15 bits per heavy atom. The first kappa shape index (κ1) is 24.1. The minimum atomic E-state index is -4.99. The summed E-state index contributed by atoms with van der Waals surface area (Å²) in [5.41, 5.74) is -2.61. The maximum absolute atomic E-state index is 13.7. The van der Waals surface area contributed by atoms with Gasteiger partial charge in [0.1, 0.15) is 23.4 Å². The molecule has 2 atom stereocenters. The van der Waals surface area contributed by atoms with Crippen LogP contribution in [-0.4, -0.2) is 50.1 Å². The Kier molecular flexibility index (Phi) is 6.96. The summed E-state index contributed by atoms with van der Waals surface area (Å²) in [7, 11) is 4.59. The number of hydrogen-bond acceptors (Lipinski definition) is 5. The molecule has 3 rings (SSSR count). The molecule has 0 saturated carbocycles. The molecule has 0 aliphatic heterocycles. The van der Waals surface area contributed by atoms with Crippen LogP contribution in [0.5, 0.6) is 5.75 Å². The number of methoxy groups -OCH3 is 1. The van der Waals surface area contributed by atoms with E-state index in [-0.39, 0.29) is 0 Å².